The van der Waals surface area contributed by atoms with Crippen molar-refractivity contribution >= 4 is 70.2 Å². The molecule has 6 amide bonds. The lowest BCUT2D eigenvalue weighted by Crippen LogP contribution is -2.61. The highest BCUT2D eigenvalue weighted by Crippen LogP contribution is 2.29. The van der Waals surface area contributed by atoms with Gasteiger partial charge in [-0.05, 0) is 99.5 Å². The molecular weight excluding hydrogens is 873 g/mol. The van der Waals surface area contributed by atoms with Crippen LogP contribution in [-0.4, -0.2) is 114 Å². The van der Waals surface area contributed by atoms with Crippen LogP contribution in [0.3, 0.4) is 0 Å². The highest BCUT2D eigenvalue weighted by atomic mass is 35.5. The summed E-state index contributed by atoms with van der Waals surface area (Å²) < 4.78 is 0. The number of nitrogens with zero attached hydrogens (tertiary/aromatic N) is 1. The van der Waals surface area contributed by atoms with Gasteiger partial charge >= 0.3 is 0 Å². The molecule has 0 unspecified atom stereocenters. The number of phenols is 1. The van der Waals surface area contributed by atoms with Crippen LogP contribution in [0.4, 0.5) is 0 Å². The molecule has 0 saturated heterocycles. The lowest BCUT2D eigenvalue weighted by molar-refractivity contribution is -0.136. The van der Waals surface area contributed by atoms with Gasteiger partial charge in [0.05, 0.1) is 18.2 Å². The zero-order valence-corrected chi connectivity index (χ0v) is 38.7. The van der Waals surface area contributed by atoms with Gasteiger partial charge in [0.2, 0.25) is 29.5 Å². The maximum Gasteiger partial charge on any atom is 0.252 e. The van der Waals surface area contributed by atoms with E-state index in [0.29, 0.717) is 31.2 Å². The van der Waals surface area contributed by atoms with Gasteiger partial charge in [-0.1, -0.05) is 93.7 Å². The molecule has 63 heavy (non-hydrogen) atoms. The molecule has 0 spiro atoms. The van der Waals surface area contributed by atoms with E-state index < -0.39 is 78.2 Å². The number of terminal acetylenes is 1. The molecule has 0 aliphatic heterocycles. The second-order valence-electron chi connectivity index (χ2n) is 15.8. The summed E-state index contributed by atoms with van der Waals surface area (Å²) in [5.41, 5.74) is 0.597. The Morgan fingerprint density at radius 1 is 0.794 bits per heavy atom. The first-order chi connectivity index (χ1) is 30.0. The third-order valence-electron chi connectivity index (χ3n) is 11.4. The quantitative estimate of drug-likeness (QED) is 0.0530. The van der Waals surface area contributed by atoms with Crippen molar-refractivity contribution in [1.82, 2.24) is 36.8 Å². The molecule has 15 nitrogen and oxygen atoms in total. The van der Waals surface area contributed by atoms with Crippen LogP contribution in [0.5, 0.6) is 5.75 Å². The number of hydrogen-bond donors (Lipinski definition) is 8. The van der Waals surface area contributed by atoms with Crippen LogP contribution >= 0.6 is 34.8 Å². The first-order valence-electron chi connectivity index (χ1n) is 21.6. The van der Waals surface area contributed by atoms with E-state index in [1.807, 2.05) is 6.92 Å². The first-order valence-corrected chi connectivity index (χ1v) is 22.7. The minimum Gasteiger partial charge on any atom is -0.506 e. The van der Waals surface area contributed by atoms with E-state index >= 15 is 0 Å². The largest absolute Gasteiger partial charge is 0.506 e. The highest BCUT2D eigenvalue weighted by molar-refractivity contribution is 6.35. The highest BCUT2D eigenvalue weighted by Gasteiger charge is 2.38. The zero-order chi connectivity index (χ0) is 46.6. The summed E-state index contributed by atoms with van der Waals surface area (Å²) >= 11 is 18.5. The van der Waals surface area contributed by atoms with Crippen molar-refractivity contribution in [2.24, 2.45) is 11.8 Å². The molecule has 18 heteroatoms. The van der Waals surface area contributed by atoms with Gasteiger partial charge < -0.3 is 47.0 Å². The van der Waals surface area contributed by atoms with Crippen molar-refractivity contribution in [1.29, 1.82) is 0 Å². The summed E-state index contributed by atoms with van der Waals surface area (Å²) in [6.07, 6.45) is 9.93. The molecule has 0 bridgehead atoms. The van der Waals surface area contributed by atoms with Gasteiger partial charge in [-0.3, -0.25) is 28.8 Å². The molecule has 1 fully saturated rings. The van der Waals surface area contributed by atoms with Gasteiger partial charge in [0.15, 0.2) is 0 Å². The van der Waals surface area contributed by atoms with Crippen molar-refractivity contribution in [2.45, 2.75) is 116 Å². The number of hydrogen-bond acceptors (Lipinski definition) is 9. The van der Waals surface area contributed by atoms with Gasteiger partial charge in [0.25, 0.3) is 5.91 Å². The van der Waals surface area contributed by atoms with Gasteiger partial charge in [-0.15, -0.1) is 6.42 Å². The standard InChI is InChI=1S/C45H62Cl3N7O8/c1-6-19-49-41(59)36(26-56)52-42(60)34(16-12-13-20-55(8-3)9-4)50-44(62)38(27(5)7-2)53-45(63)39(29-14-10-11-15-29)54-43(61)35(22-28-17-18-37(57)33(48)21-28)51-40(58)30-23-31(46)25-32(47)24-30/h1,17-18,21,23-25,27,29,34-36,38-39,56-57H,7-16,19-20,22,26H2,2-5H3,(H,49,59)(H,50,62)(H,51,58)(H,52,60)(H,53,63)(H,54,61)/t27-,34-,35-,36-,38-,39-/m0/s1. The van der Waals surface area contributed by atoms with E-state index in [4.69, 9.17) is 41.2 Å². The second kappa shape index (κ2) is 26.9. The number of benzene rings is 2. The number of carbonyl (C=O) groups is 6. The van der Waals surface area contributed by atoms with E-state index in [0.717, 1.165) is 38.9 Å². The van der Waals surface area contributed by atoms with Gasteiger partial charge in [0, 0.05) is 22.0 Å². The minimum atomic E-state index is -1.33. The Bertz CT molecular complexity index is 1900. The van der Waals surface area contributed by atoms with E-state index in [1.54, 1.807) is 13.0 Å². The molecule has 0 radical (unpaired) electrons. The smallest absolute Gasteiger partial charge is 0.252 e. The zero-order valence-electron chi connectivity index (χ0n) is 36.4. The number of phenolic OH excluding ortho intramolecular Hbond substituents is 1. The van der Waals surface area contributed by atoms with Crippen molar-refractivity contribution in [2.75, 3.05) is 32.8 Å². The minimum absolute atomic E-state index is 0.0373. The number of halogens is 3. The van der Waals surface area contributed by atoms with E-state index in [1.165, 1.54) is 30.3 Å². The Balaban J connectivity index is 1.91. The molecule has 8 N–H and O–H groups in total. The van der Waals surface area contributed by atoms with Gasteiger partial charge in [-0.2, -0.15) is 0 Å². The predicted octanol–water partition coefficient (Wildman–Crippen LogP) is 4.12. The summed E-state index contributed by atoms with van der Waals surface area (Å²) in [6.45, 7) is 9.37. The summed E-state index contributed by atoms with van der Waals surface area (Å²) in [5, 5.41) is 36.7. The van der Waals surface area contributed by atoms with E-state index in [-0.39, 0.29) is 51.7 Å². The molecule has 6 atom stereocenters. The summed E-state index contributed by atoms with van der Waals surface area (Å²) in [5.74, 6) is -2.66. The Kier molecular flexibility index (Phi) is 22.5. The topological polar surface area (TPSA) is 218 Å². The average Bonchev–Trinajstić information content (AvgIpc) is 3.80. The number of amides is 6. The SMILES string of the molecule is C#CCNC(=O)[C@H](CO)NC(=O)[C@H](CCCCN(CC)CC)NC(=O)[C@@H](NC(=O)[C@@H](NC(=O)[C@H](Cc1ccc(O)c(Cl)c1)NC(=O)c1cc(Cl)cc(Cl)c1)C1CCCC1)[C@@H](C)CC. The van der Waals surface area contributed by atoms with Gasteiger partial charge in [0.1, 0.15) is 36.0 Å². The Labute approximate surface area is 385 Å². The maximum atomic E-state index is 14.4. The number of nitrogens with one attached hydrogen (secondary N) is 6. The molecule has 1 aliphatic rings. The predicted molar refractivity (Wildman–Crippen MR) is 244 cm³/mol. The number of rotatable bonds is 25. The van der Waals surface area contributed by atoms with Crippen molar-refractivity contribution < 1.29 is 39.0 Å². The van der Waals surface area contributed by atoms with Crippen molar-refractivity contribution in [3.8, 4) is 18.1 Å². The van der Waals surface area contributed by atoms with E-state index in [2.05, 4.69) is 56.6 Å². The Hall–Kier alpha value is -4.59. The molecule has 1 aliphatic carbocycles. The number of unbranched alkanes of at least 4 members (excludes halogenated alkanes) is 1. The molecule has 0 heterocycles. The molecular formula is C45H62Cl3N7O8. The van der Waals surface area contributed by atoms with Gasteiger partial charge in [-0.25, -0.2) is 0 Å². The van der Waals surface area contributed by atoms with Crippen LogP contribution in [0, 0.1) is 24.2 Å². The Morgan fingerprint density at radius 3 is 2.02 bits per heavy atom. The monoisotopic (exact) mass is 933 g/mol. The number of aliphatic hydroxyl groups is 1. The lowest BCUT2D eigenvalue weighted by Gasteiger charge is -2.31. The van der Waals surface area contributed by atoms with Crippen molar-refractivity contribution in [3.05, 3.63) is 62.6 Å². The van der Waals surface area contributed by atoms with Crippen LogP contribution in [0.1, 0.15) is 95.0 Å². The molecule has 2 aromatic rings. The van der Waals surface area contributed by atoms with Crippen LogP contribution in [0.2, 0.25) is 15.1 Å². The number of aromatic hydroxyl groups is 1. The van der Waals surface area contributed by atoms with Crippen LogP contribution in [0.15, 0.2) is 36.4 Å². The lowest BCUT2D eigenvalue weighted by atomic mass is 9.93. The fourth-order valence-electron chi connectivity index (χ4n) is 7.42. The maximum absolute atomic E-state index is 14.4. The molecule has 0 aromatic heterocycles. The fourth-order valence-corrected chi connectivity index (χ4v) is 8.15. The Morgan fingerprint density at radius 2 is 1.43 bits per heavy atom. The molecule has 2 aromatic carbocycles. The summed E-state index contributed by atoms with van der Waals surface area (Å²) in [4.78, 5) is 85.1. The third kappa shape index (κ3) is 16.8. The first kappa shape index (κ1) is 52.8. The normalized spacial score (nSPS) is 15.5. The molecule has 1 saturated carbocycles. The number of carbonyl (C=O) groups excluding carboxylic acids is 6. The van der Waals surface area contributed by atoms with Crippen LogP contribution < -0.4 is 31.9 Å². The summed E-state index contributed by atoms with van der Waals surface area (Å²) in [7, 11) is 0. The molecule has 3 rings (SSSR count). The summed E-state index contributed by atoms with van der Waals surface area (Å²) in [6, 6.07) is 2.65. The van der Waals surface area contributed by atoms with E-state index in [9.17, 15) is 39.0 Å². The third-order valence-corrected chi connectivity index (χ3v) is 12.1. The van der Waals surface area contributed by atoms with Crippen LogP contribution in [0.25, 0.3) is 0 Å². The fraction of sp³-hybridized carbons (Fsp3) is 0.556. The molecule has 346 valence electrons. The number of aliphatic hydroxyl groups excluding tert-OH is 1. The van der Waals surface area contributed by atoms with Crippen molar-refractivity contribution in [3.63, 3.8) is 0 Å². The van der Waals surface area contributed by atoms with Crippen LogP contribution in [-0.2, 0) is 30.4 Å². The average molecular weight is 935 g/mol. The second-order valence-corrected chi connectivity index (χ2v) is 17.1.